The monoisotopic (exact) mass is 492 g/mol. The third kappa shape index (κ3) is 4.75. The van der Waals surface area contributed by atoms with E-state index in [4.69, 9.17) is 4.52 Å². The molecule has 0 saturated carbocycles. The molecule has 0 spiro atoms. The zero-order chi connectivity index (χ0) is 23.3. The summed E-state index contributed by atoms with van der Waals surface area (Å²) in [5.74, 6) is -1.06. The van der Waals surface area contributed by atoms with Gasteiger partial charge in [-0.1, -0.05) is 5.16 Å². The lowest BCUT2D eigenvalue weighted by Crippen LogP contribution is -2.31. The standard InChI is InChI=1S/C20H14F6N4O2.ClH/c1-9-12(4-5-14-16(9)28-8-27-14)17-29-18(32-30-17)11-3-6-15(13(7-11)20(24,25)26)31-10(2)19(21,22)23;/h3-8,10H,1-2H3,(H,27,28);1H. The SMILES string of the molecule is Cc1c(-c2noc(-c3ccc(OC(C)C(F)(F)F)c(C(F)(F)F)c3)n2)ccc2[nH]cnc12.Cl. The highest BCUT2D eigenvalue weighted by atomic mass is 35.5. The summed E-state index contributed by atoms with van der Waals surface area (Å²) in [5.41, 5.74) is 1.25. The smallest absolute Gasteiger partial charge is 0.425 e. The second kappa shape index (κ2) is 8.58. The maximum Gasteiger partial charge on any atom is 0.425 e. The van der Waals surface area contributed by atoms with Crippen molar-refractivity contribution >= 4 is 23.4 Å². The van der Waals surface area contributed by atoms with Crippen molar-refractivity contribution in [1.82, 2.24) is 20.1 Å². The first kappa shape index (κ1) is 24.4. The van der Waals surface area contributed by atoms with Crippen molar-refractivity contribution in [3.8, 4) is 28.6 Å². The average molecular weight is 493 g/mol. The Kier molecular flexibility index (Phi) is 6.33. The first-order chi connectivity index (χ1) is 14.9. The van der Waals surface area contributed by atoms with Crippen LogP contribution in [-0.4, -0.2) is 32.4 Å². The molecule has 6 nitrogen and oxygen atoms in total. The quantitative estimate of drug-likeness (QED) is 0.335. The molecule has 4 aromatic rings. The molecule has 33 heavy (non-hydrogen) atoms. The maximum atomic E-state index is 13.5. The summed E-state index contributed by atoms with van der Waals surface area (Å²) in [6.45, 7) is 2.40. The van der Waals surface area contributed by atoms with Crippen LogP contribution in [0.25, 0.3) is 33.9 Å². The van der Waals surface area contributed by atoms with Crippen LogP contribution in [-0.2, 0) is 6.18 Å². The number of ether oxygens (including phenoxy) is 1. The van der Waals surface area contributed by atoms with Gasteiger partial charge in [-0.15, -0.1) is 12.4 Å². The number of nitrogens with zero attached hydrogens (tertiary/aromatic N) is 3. The highest BCUT2D eigenvalue weighted by Gasteiger charge is 2.41. The molecule has 0 aliphatic carbocycles. The van der Waals surface area contributed by atoms with E-state index >= 15 is 0 Å². The lowest BCUT2D eigenvalue weighted by Gasteiger charge is -2.20. The van der Waals surface area contributed by atoms with Gasteiger partial charge in [0, 0.05) is 11.1 Å². The van der Waals surface area contributed by atoms with Gasteiger partial charge in [-0.25, -0.2) is 4.98 Å². The van der Waals surface area contributed by atoms with E-state index in [1.165, 1.54) is 6.33 Å². The van der Waals surface area contributed by atoms with Crippen LogP contribution < -0.4 is 4.74 Å². The zero-order valence-electron chi connectivity index (χ0n) is 16.9. The molecule has 13 heteroatoms. The van der Waals surface area contributed by atoms with Gasteiger partial charge < -0.3 is 14.2 Å². The van der Waals surface area contributed by atoms with Crippen molar-refractivity contribution in [2.75, 3.05) is 0 Å². The fourth-order valence-electron chi connectivity index (χ4n) is 3.09. The molecule has 1 N–H and O–H groups in total. The number of fused-ring (bicyclic) bond motifs is 1. The zero-order valence-corrected chi connectivity index (χ0v) is 17.7. The van der Waals surface area contributed by atoms with Crippen molar-refractivity contribution in [2.24, 2.45) is 0 Å². The Balaban J connectivity index is 0.00000306. The maximum absolute atomic E-state index is 13.5. The number of imidazole rings is 1. The predicted molar refractivity (Wildman–Crippen MR) is 108 cm³/mol. The Labute approximate surface area is 188 Å². The van der Waals surface area contributed by atoms with Gasteiger partial charge in [0.05, 0.1) is 22.9 Å². The molecule has 0 bridgehead atoms. The molecular formula is C20H15ClF6N4O2. The molecule has 0 radical (unpaired) electrons. The van der Waals surface area contributed by atoms with Gasteiger partial charge in [0.2, 0.25) is 5.82 Å². The normalized spacial score (nSPS) is 13.1. The molecule has 2 heterocycles. The molecule has 2 aromatic carbocycles. The van der Waals surface area contributed by atoms with E-state index in [0.717, 1.165) is 23.2 Å². The molecule has 2 aromatic heterocycles. The average Bonchev–Trinajstić information content (AvgIpc) is 3.37. The van der Waals surface area contributed by atoms with Gasteiger partial charge in [-0.2, -0.15) is 31.3 Å². The lowest BCUT2D eigenvalue weighted by atomic mass is 10.1. The second-order valence-electron chi connectivity index (χ2n) is 6.97. The summed E-state index contributed by atoms with van der Waals surface area (Å²) in [7, 11) is 0. The van der Waals surface area contributed by atoms with Crippen LogP contribution in [0, 0.1) is 6.92 Å². The molecule has 0 saturated heterocycles. The minimum Gasteiger partial charge on any atom is -0.481 e. The van der Waals surface area contributed by atoms with E-state index in [2.05, 4.69) is 24.8 Å². The molecular weight excluding hydrogens is 478 g/mol. The number of hydrogen-bond donors (Lipinski definition) is 1. The lowest BCUT2D eigenvalue weighted by molar-refractivity contribution is -0.191. The molecule has 1 atom stereocenters. The van der Waals surface area contributed by atoms with E-state index in [0.29, 0.717) is 24.1 Å². The van der Waals surface area contributed by atoms with Crippen LogP contribution in [0.2, 0.25) is 0 Å². The molecule has 4 rings (SSSR count). The van der Waals surface area contributed by atoms with Crippen LogP contribution in [0.3, 0.4) is 0 Å². The van der Waals surface area contributed by atoms with Crippen molar-refractivity contribution in [2.45, 2.75) is 32.3 Å². The minimum absolute atomic E-state index is 0. The third-order valence-corrected chi connectivity index (χ3v) is 4.81. The van der Waals surface area contributed by atoms with E-state index in [9.17, 15) is 26.3 Å². The Morgan fingerprint density at radius 3 is 2.45 bits per heavy atom. The molecule has 0 fully saturated rings. The number of nitrogens with one attached hydrogen (secondary N) is 1. The van der Waals surface area contributed by atoms with E-state index in [-0.39, 0.29) is 29.7 Å². The van der Waals surface area contributed by atoms with Crippen LogP contribution in [0.15, 0.2) is 41.2 Å². The van der Waals surface area contributed by atoms with E-state index in [1.807, 2.05) is 0 Å². The highest BCUT2D eigenvalue weighted by molar-refractivity contribution is 5.85. The van der Waals surface area contributed by atoms with Gasteiger partial charge in [0.1, 0.15) is 5.75 Å². The molecule has 1 unspecified atom stereocenters. The fraction of sp³-hybridized carbons (Fsp3) is 0.250. The van der Waals surface area contributed by atoms with Crippen molar-refractivity contribution in [3.05, 3.63) is 47.8 Å². The Bertz CT molecular complexity index is 1280. The largest absolute Gasteiger partial charge is 0.481 e. The number of aromatic nitrogens is 4. The van der Waals surface area contributed by atoms with Crippen LogP contribution in [0.1, 0.15) is 18.1 Å². The number of alkyl halides is 6. The second-order valence-corrected chi connectivity index (χ2v) is 6.97. The summed E-state index contributed by atoms with van der Waals surface area (Å²) in [4.78, 5) is 11.3. The number of aromatic amines is 1. The van der Waals surface area contributed by atoms with Crippen LogP contribution in [0.5, 0.6) is 5.75 Å². The van der Waals surface area contributed by atoms with E-state index < -0.39 is 29.8 Å². The van der Waals surface area contributed by atoms with Gasteiger partial charge >= 0.3 is 12.4 Å². The van der Waals surface area contributed by atoms with Gasteiger partial charge in [-0.3, -0.25) is 0 Å². The number of H-pyrrole nitrogens is 1. The summed E-state index contributed by atoms with van der Waals surface area (Å²) >= 11 is 0. The Hall–Kier alpha value is -3.28. The van der Waals surface area contributed by atoms with Gasteiger partial charge in [-0.05, 0) is 49.7 Å². The number of halogens is 7. The summed E-state index contributed by atoms with van der Waals surface area (Å²) in [6.07, 6.45) is -10.7. The first-order valence-electron chi connectivity index (χ1n) is 9.17. The molecule has 0 aliphatic rings. The molecule has 176 valence electrons. The van der Waals surface area contributed by atoms with E-state index in [1.54, 1.807) is 19.1 Å². The van der Waals surface area contributed by atoms with Crippen LogP contribution in [0.4, 0.5) is 26.3 Å². The Morgan fingerprint density at radius 1 is 1.06 bits per heavy atom. The van der Waals surface area contributed by atoms with Crippen LogP contribution >= 0.6 is 12.4 Å². The highest BCUT2D eigenvalue weighted by Crippen LogP contribution is 2.40. The minimum atomic E-state index is -4.97. The molecule has 0 aliphatic heterocycles. The van der Waals surface area contributed by atoms with Crippen molar-refractivity contribution in [3.63, 3.8) is 0 Å². The van der Waals surface area contributed by atoms with Gasteiger partial charge in [0.15, 0.2) is 6.10 Å². The van der Waals surface area contributed by atoms with Gasteiger partial charge in [0.25, 0.3) is 5.89 Å². The first-order valence-corrected chi connectivity index (χ1v) is 9.17. The number of benzene rings is 2. The van der Waals surface area contributed by atoms with Crippen molar-refractivity contribution in [1.29, 1.82) is 0 Å². The number of hydrogen-bond acceptors (Lipinski definition) is 5. The summed E-state index contributed by atoms with van der Waals surface area (Å²) < 4.78 is 88.3. The number of rotatable bonds is 4. The topological polar surface area (TPSA) is 76.8 Å². The third-order valence-electron chi connectivity index (χ3n) is 4.81. The predicted octanol–water partition coefficient (Wildman–Crippen LogP) is 6.36. The summed E-state index contributed by atoms with van der Waals surface area (Å²) in [5, 5.41) is 3.82. The molecule has 0 amide bonds. The number of aryl methyl sites for hydroxylation is 1. The van der Waals surface area contributed by atoms with Crippen molar-refractivity contribution < 1.29 is 35.6 Å². The fourth-order valence-corrected chi connectivity index (χ4v) is 3.09. The Morgan fingerprint density at radius 2 is 1.79 bits per heavy atom. The summed E-state index contributed by atoms with van der Waals surface area (Å²) in [6, 6.07) is 5.98.